The van der Waals surface area contributed by atoms with Gasteiger partial charge in [0, 0.05) is 13.3 Å². The number of hydrogen-bond donors (Lipinski definition) is 4. The van der Waals surface area contributed by atoms with Crippen LogP contribution < -0.4 is 20.7 Å². The monoisotopic (exact) mass is 511 g/mol. The topological polar surface area (TPSA) is 146 Å². The summed E-state index contributed by atoms with van der Waals surface area (Å²) in [6.07, 6.45) is 0.346. The van der Waals surface area contributed by atoms with Gasteiger partial charge >= 0.3 is 0 Å². The zero-order valence-electron chi connectivity index (χ0n) is 21.2. The molecule has 4 N–H and O–H groups in total. The molecular formula is C27H33N3O7. The fraction of sp³-hybridized carbons (Fsp3) is 0.407. The van der Waals surface area contributed by atoms with Gasteiger partial charge in [-0.3, -0.25) is 19.2 Å². The third-order valence-electron chi connectivity index (χ3n) is 6.12. The number of Topliss-reactive ketones (excluding diaryl/α,β-unsaturated/α-hetero) is 1. The molecule has 1 aliphatic rings. The Morgan fingerprint density at radius 2 is 1.43 bits per heavy atom. The van der Waals surface area contributed by atoms with Crippen molar-refractivity contribution in [1.29, 1.82) is 0 Å². The maximum Gasteiger partial charge on any atom is 0.245 e. The molecule has 1 fully saturated rings. The SMILES string of the molecule is COc1ccc(C[C@H](NC(=O)[C@H](CO)NC(C)=O)C(=O)N[C@@H](Cc2ccccc2)C(=O)[C@]2(C)CO2)cc1. The minimum absolute atomic E-state index is 0.0970. The predicted molar refractivity (Wildman–Crippen MR) is 135 cm³/mol. The van der Waals surface area contributed by atoms with E-state index >= 15 is 0 Å². The standard InChI is InChI=1S/C27H33N3O7/c1-17(32)28-23(15-31)26(35)30-22(14-19-9-11-20(36-3)12-10-19)25(34)29-21(24(33)27(2)16-37-27)13-18-7-5-4-6-8-18/h4-12,21-23,31H,13-16H2,1-3H3,(H,28,32)(H,29,34)(H,30,35)/t21-,22-,23-,27-/m0/s1. The molecule has 3 rings (SSSR count). The number of aliphatic hydroxyl groups is 1. The van der Waals surface area contributed by atoms with E-state index < -0.39 is 48.1 Å². The first-order chi connectivity index (χ1) is 17.6. The first-order valence-electron chi connectivity index (χ1n) is 12.0. The molecule has 37 heavy (non-hydrogen) atoms. The largest absolute Gasteiger partial charge is 0.497 e. The van der Waals surface area contributed by atoms with E-state index in [2.05, 4.69) is 16.0 Å². The van der Waals surface area contributed by atoms with Gasteiger partial charge in [0.2, 0.25) is 17.7 Å². The van der Waals surface area contributed by atoms with Crippen molar-refractivity contribution in [2.24, 2.45) is 0 Å². The molecule has 0 spiro atoms. The fourth-order valence-corrected chi connectivity index (χ4v) is 3.87. The van der Waals surface area contributed by atoms with Crippen molar-refractivity contribution in [1.82, 2.24) is 16.0 Å². The molecule has 0 aromatic heterocycles. The van der Waals surface area contributed by atoms with Crippen LogP contribution in [0.3, 0.4) is 0 Å². The van der Waals surface area contributed by atoms with Crippen molar-refractivity contribution >= 4 is 23.5 Å². The maximum atomic E-state index is 13.5. The Hall–Kier alpha value is -3.76. The Morgan fingerprint density at radius 3 is 1.97 bits per heavy atom. The molecule has 0 bridgehead atoms. The lowest BCUT2D eigenvalue weighted by molar-refractivity contribution is -0.134. The lowest BCUT2D eigenvalue weighted by atomic mass is 9.94. The van der Waals surface area contributed by atoms with Gasteiger partial charge in [-0.1, -0.05) is 42.5 Å². The minimum atomic E-state index is -1.23. The Kier molecular flexibility index (Phi) is 9.37. The quantitative estimate of drug-likeness (QED) is 0.283. The third kappa shape index (κ3) is 7.86. The van der Waals surface area contributed by atoms with Crippen LogP contribution in [0.1, 0.15) is 25.0 Å². The second kappa shape index (κ2) is 12.5. The lowest BCUT2D eigenvalue weighted by Crippen LogP contribution is -2.58. The van der Waals surface area contributed by atoms with Crippen LogP contribution in [0.5, 0.6) is 5.75 Å². The summed E-state index contributed by atoms with van der Waals surface area (Å²) in [4.78, 5) is 51.0. The summed E-state index contributed by atoms with van der Waals surface area (Å²) in [5, 5.41) is 17.3. The molecule has 0 aliphatic carbocycles. The van der Waals surface area contributed by atoms with Crippen molar-refractivity contribution in [2.75, 3.05) is 20.3 Å². The predicted octanol–water partition coefficient (Wildman–Crippen LogP) is 0.305. The summed E-state index contributed by atoms with van der Waals surface area (Å²) in [6.45, 7) is 2.52. The molecule has 1 saturated heterocycles. The lowest BCUT2D eigenvalue weighted by Gasteiger charge is -2.25. The van der Waals surface area contributed by atoms with Crippen LogP contribution >= 0.6 is 0 Å². The Bertz CT molecular complexity index is 1100. The van der Waals surface area contributed by atoms with Crippen LogP contribution in [0.4, 0.5) is 0 Å². The number of carbonyl (C=O) groups is 4. The van der Waals surface area contributed by atoms with Gasteiger partial charge in [-0.25, -0.2) is 0 Å². The average molecular weight is 512 g/mol. The molecule has 1 aliphatic heterocycles. The molecule has 0 radical (unpaired) electrons. The number of epoxide rings is 1. The summed E-state index contributed by atoms with van der Waals surface area (Å²) in [6, 6.07) is 13.0. The highest BCUT2D eigenvalue weighted by atomic mass is 16.6. The molecule has 2 aromatic rings. The van der Waals surface area contributed by atoms with Crippen LogP contribution in [-0.2, 0) is 36.8 Å². The summed E-state index contributed by atoms with van der Waals surface area (Å²) in [5.74, 6) is -1.44. The van der Waals surface area contributed by atoms with Crippen LogP contribution in [-0.4, -0.2) is 72.7 Å². The van der Waals surface area contributed by atoms with E-state index in [-0.39, 0.29) is 25.2 Å². The molecule has 1 heterocycles. The number of rotatable bonds is 13. The highest BCUT2D eigenvalue weighted by Gasteiger charge is 2.50. The maximum absolute atomic E-state index is 13.5. The number of aliphatic hydroxyl groups excluding tert-OH is 1. The number of ether oxygens (including phenoxy) is 2. The summed E-state index contributed by atoms with van der Waals surface area (Å²) < 4.78 is 10.5. The van der Waals surface area contributed by atoms with E-state index in [0.29, 0.717) is 5.75 Å². The molecule has 10 nitrogen and oxygen atoms in total. The summed E-state index contributed by atoms with van der Waals surface area (Å²) in [7, 11) is 1.54. The number of carbonyl (C=O) groups excluding carboxylic acids is 4. The second-order valence-electron chi connectivity index (χ2n) is 9.18. The van der Waals surface area contributed by atoms with Crippen molar-refractivity contribution in [3.8, 4) is 5.75 Å². The molecule has 10 heteroatoms. The van der Waals surface area contributed by atoms with E-state index in [1.54, 1.807) is 31.2 Å². The van der Waals surface area contributed by atoms with Crippen molar-refractivity contribution in [2.45, 2.75) is 50.4 Å². The van der Waals surface area contributed by atoms with E-state index in [9.17, 15) is 24.3 Å². The number of benzene rings is 2. The molecular weight excluding hydrogens is 478 g/mol. The Balaban J connectivity index is 1.83. The highest BCUT2D eigenvalue weighted by molar-refractivity contribution is 5.98. The van der Waals surface area contributed by atoms with Crippen LogP contribution in [0, 0.1) is 0 Å². The van der Waals surface area contributed by atoms with Gasteiger partial charge in [-0.05, 0) is 36.6 Å². The van der Waals surface area contributed by atoms with Crippen LogP contribution in [0.15, 0.2) is 54.6 Å². The van der Waals surface area contributed by atoms with E-state index in [4.69, 9.17) is 9.47 Å². The fourth-order valence-electron chi connectivity index (χ4n) is 3.87. The number of nitrogens with one attached hydrogen (secondary N) is 3. The van der Waals surface area contributed by atoms with Gasteiger partial charge in [-0.15, -0.1) is 0 Å². The Labute approximate surface area is 215 Å². The highest BCUT2D eigenvalue weighted by Crippen LogP contribution is 2.29. The molecule has 4 atom stereocenters. The second-order valence-corrected chi connectivity index (χ2v) is 9.18. The van der Waals surface area contributed by atoms with Crippen molar-refractivity contribution in [3.05, 3.63) is 65.7 Å². The molecule has 0 saturated carbocycles. The smallest absolute Gasteiger partial charge is 0.245 e. The van der Waals surface area contributed by atoms with E-state index in [1.165, 1.54) is 14.0 Å². The average Bonchev–Trinajstić information content (AvgIpc) is 3.65. The number of ketones is 1. The van der Waals surface area contributed by atoms with Gasteiger partial charge in [0.05, 0.1) is 26.4 Å². The van der Waals surface area contributed by atoms with E-state index in [0.717, 1.165) is 11.1 Å². The number of methoxy groups -OCH3 is 1. The van der Waals surface area contributed by atoms with E-state index in [1.807, 2.05) is 30.3 Å². The van der Waals surface area contributed by atoms with Gasteiger partial charge in [0.15, 0.2) is 5.78 Å². The first-order valence-corrected chi connectivity index (χ1v) is 12.0. The summed E-state index contributed by atoms with van der Waals surface area (Å²) >= 11 is 0. The van der Waals surface area contributed by atoms with Gasteiger partial charge in [0.1, 0.15) is 23.4 Å². The summed E-state index contributed by atoms with van der Waals surface area (Å²) in [5.41, 5.74) is 0.617. The van der Waals surface area contributed by atoms with Gasteiger partial charge in [-0.2, -0.15) is 0 Å². The normalized spacial score (nSPS) is 18.6. The zero-order valence-corrected chi connectivity index (χ0v) is 21.2. The number of hydrogen-bond acceptors (Lipinski definition) is 7. The molecule has 0 unspecified atom stereocenters. The van der Waals surface area contributed by atoms with Crippen molar-refractivity contribution < 1.29 is 33.8 Å². The first kappa shape index (κ1) is 27.8. The third-order valence-corrected chi connectivity index (χ3v) is 6.12. The minimum Gasteiger partial charge on any atom is -0.497 e. The van der Waals surface area contributed by atoms with Gasteiger partial charge in [0.25, 0.3) is 0 Å². The number of amides is 3. The van der Waals surface area contributed by atoms with Crippen LogP contribution in [0.2, 0.25) is 0 Å². The zero-order chi connectivity index (χ0) is 27.0. The van der Waals surface area contributed by atoms with Crippen molar-refractivity contribution in [3.63, 3.8) is 0 Å². The van der Waals surface area contributed by atoms with Crippen LogP contribution in [0.25, 0.3) is 0 Å². The van der Waals surface area contributed by atoms with Gasteiger partial charge < -0.3 is 30.5 Å². The molecule has 2 aromatic carbocycles. The Morgan fingerprint density at radius 1 is 0.892 bits per heavy atom. The molecule has 198 valence electrons. The molecule has 3 amide bonds.